The van der Waals surface area contributed by atoms with E-state index in [0.717, 1.165) is 6.42 Å². The summed E-state index contributed by atoms with van der Waals surface area (Å²) >= 11 is 0. The highest BCUT2D eigenvalue weighted by Crippen LogP contribution is 2.18. The van der Waals surface area contributed by atoms with Crippen LogP contribution in [0, 0.1) is 5.92 Å². The summed E-state index contributed by atoms with van der Waals surface area (Å²) in [6.45, 7) is 9.46. The molecule has 1 heterocycles. The van der Waals surface area contributed by atoms with Crippen molar-refractivity contribution in [1.29, 1.82) is 0 Å². The van der Waals surface area contributed by atoms with Gasteiger partial charge in [-0.2, -0.15) is 0 Å². The van der Waals surface area contributed by atoms with Crippen LogP contribution in [-0.2, 0) is 4.74 Å². The molecule has 5 heteroatoms. The van der Waals surface area contributed by atoms with Crippen LogP contribution in [0.15, 0.2) is 18.3 Å². The van der Waals surface area contributed by atoms with Gasteiger partial charge in [-0.3, -0.25) is 10.1 Å². The highest BCUT2D eigenvalue weighted by Gasteiger charge is 2.19. The topological polar surface area (TPSA) is 68.3 Å². The Labute approximate surface area is 126 Å². The smallest absolute Gasteiger partial charge is 0.413 e. The molecule has 1 aromatic rings. The van der Waals surface area contributed by atoms with Crippen LogP contribution in [0.5, 0.6) is 0 Å². The van der Waals surface area contributed by atoms with Crippen molar-refractivity contribution in [2.24, 2.45) is 5.92 Å². The Morgan fingerprint density at radius 2 is 2.00 bits per heavy atom. The molecule has 0 aliphatic rings. The van der Waals surface area contributed by atoms with Crippen molar-refractivity contribution in [2.45, 2.75) is 53.1 Å². The van der Waals surface area contributed by atoms with Crippen molar-refractivity contribution in [3.8, 4) is 0 Å². The van der Waals surface area contributed by atoms with Gasteiger partial charge in [-0.05, 0) is 45.2 Å². The van der Waals surface area contributed by atoms with Crippen molar-refractivity contribution in [1.82, 2.24) is 4.98 Å². The minimum absolute atomic E-state index is 0.0251. The van der Waals surface area contributed by atoms with Crippen LogP contribution in [0.4, 0.5) is 10.6 Å². The summed E-state index contributed by atoms with van der Waals surface area (Å²) in [5, 5.41) is 2.54. The average Bonchev–Trinajstić information content (AvgIpc) is 2.34. The molecule has 0 fully saturated rings. The fourth-order valence-corrected chi connectivity index (χ4v) is 1.68. The van der Waals surface area contributed by atoms with E-state index in [2.05, 4.69) is 24.1 Å². The first kappa shape index (κ1) is 17.1. The Balaban J connectivity index is 2.80. The first-order valence-electron chi connectivity index (χ1n) is 7.17. The number of anilines is 1. The van der Waals surface area contributed by atoms with Gasteiger partial charge in [0.25, 0.3) is 0 Å². The monoisotopic (exact) mass is 292 g/mol. The van der Waals surface area contributed by atoms with E-state index in [1.54, 1.807) is 32.9 Å². The fourth-order valence-electron chi connectivity index (χ4n) is 1.68. The molecule has 0 bridgehead atoms. The second kappa shape index (κ2) is 7.20. The van der Waals surface area contributed by atoms with Crippen molar-refractivity contribution >= 4 is 17.7 Å². The molecular weight excluding hydrogens is 268 g/mol. The van der Waals surface area contributed by atoms with Gasteiger partial charge in [0.05, 0.1) is 5.56 Å². The van der Waals surface area contributed by atoms with Crippen LogP contribution >= 0.6 is 0 Å². The predicted octanol–water partition coefficient (Wildman–Crippen LogP) is 4.05. The number of amides is 1. The highest BCUT2D eigenvalue weighted by molar-refractivity contribution is 6.02. The third-order valence-corrected chi connectivity index (χ3v) is 2.68. The van der Waals surface area contributed by atoms with Gasteiger partial charge in [-0.25, -0.2) is 9.78 Å². The Hall–Kier alpha value is -1.91. The van der Waals surface area contributed by atoms with E-state index in [1.807, 2.05) is 0 Å². The quantitative estimate of drug-likeness (QED) is 0.831. The number of nitrogens with one attached hydrogen (secondary N) is 1. The zero-order chi connectivity index (χ0) is 16.0. The highest BCUT2D eigenvalue weighted by atomic mass is 16.6. The first-order valence-corrected chi connectivity index (χ1v) is 7.17. The van der Waals surface area contributed by atoms with Gasteiger partial charge in [0, 0.05) is 12.6 Å². The van der Waals surface area contributed by atoms with E-state index in [-0.39, 0.29) is 11.6 Å². The molecule has 116 valence electrons. The molecule has 1 amide bonds. The third-order valence-electron chi connectivity index (χ3n) is 2.68. The van der Waals surface area contributed by atoms with Crippen molar-refractivity contribution in [3.63, 3.8) is 0 Å². The first-order chi connectivity index (χ1) is 9.69. The van der Waals surface area contributed by atoms with Crippen LogP contribution in [0.3, 0.4) is 0 Å². The summed E-state index contributed by atoms with van der Waals surface area (Å²) in [4.78, 5) is 28.1. The molecule has 0 radical (unpaired) electrons. The maximum absolute atomic E-state index is 12.2. The molecule has 1 aromatic heterocycles. The minimum Gasteiger partial charge on any atom is -0.444 e. The lowest BCUT2D eigenvalue weighted by molar-refractivity contribution is 0.0635. The lowest BCUT2D eigenvalue weighted by atomic mass is 10.0. The van der Waals surface area contributed by atoms with E-state index in [0.29, 0.717) is 17.9 Å². The number of hydrogen-bond acceptors (Lipinski definition) is 4. The number of rotatable bonds is 5. The van der Waals surface area contributed by atoms with Crippen molar-refractivity contribution in [2.75, 3.05) is 5.32 Å². The average molecular weight is 292 g/mol. The standard InChI is InChI=1S/C16H24N2O3/c1-11(2)8-9-13(19)12-7-6-10-17-14(12)18-15(20)21-16(3,4)5/h6-7,10-11H,8-9H2,1-5H3,(H,17,18,20). The molecule has 21 heavy (non-hydrogen) atoms. The normalized spacial score (nSPS) is 11.3. The summed E-state index contributed by atoms with van der Waals surface area (Å²) < 4.78 is 5.17. The molecule has 0 aromatic carbocycles. The third kappa shape index (κ3) is 6.38. The molecular formula is C16H24N2O3. The molecule has 0 aliphatic carbocycles. The number of carbonyl (C=O) groups is 2. The van der Waals surface area contributed by atoms with Crippen LogP contribution < -0.4 is 5.32 Å². The number of carbonyl (C=O) groups excluding carboxylic acids is 2. The Bertz CT molecular complexity index is 504. The minimum atomic E-state index is -0.612. The number of ether oxygens (including phenoxy) is 1. The van der Waals surface area contributed by atoms with E-state index < -0.39 is 11.7 Å². The van der Waals surface area contributed by atoms with E-state index in [9.17, 15) is 9.59 Å². The number of pyridine rings is 1. The molecule has 1 N–H and O–H groups in total. The van der Waals surface area contributed by atoms with Crippen molar-refractivity contribution in [3.05, 3.63) is 23.9 Å². The van der Waals surface area contributed by atoms with E-state index in [1.165, 1.54) is 6.20 Å². The molecule has 0 unspecified atom stereocenters. The summed E-state index contributed by atoms with van der Waals surface area (Å²) in [6, 6.07) is 3.35. The molecule has 0 saturated heterocycles. The summed E-state index contributed by atoms with van der Waals surface area (Å²) in [5.41, 5.74) is -0.176. The number of aromatic nitrogens is 1. The second-order valence-electron chi connectivity index (χ2n) is 6.38. The lowest BCUT2D eigenvalue weighted by Crippen LogP contribution is -2.28. The van der Waals surface area contributed by atoms with Gasteiger partial charge in [-0.1, -0.05) is 13.8 Å². The fraction of sp³-hybridized carbons (Fsp3) is 0.562. The molecule has 5 nitrogen and oxygen atoms in total. The van der Waals surface area contributed by atoms with Gasteiger partial charge in [0.1, 0.15) is 11.4 Å². The van der Waals surface area contributed by atoms with Gasteiger partial charge in [0.15, 0.2) is 5.78 Å². The molecule has 0 spiro atoms. The number of ketones is 1. The predicted molar refractivity (Wildman–Crippen MR) is 82.5 cm³/mol. The SMILES string of the molecule is CC(C)CCC(=O)c1cccnc1NC(=O)OC(C)(C)C. The van der Waals surface area contributed by atoms with Gasteiger partial charge in [-0.15, -0.1) is 0 Å². The largest absolute Gasteiger partial charge is 0.444 e. The van der Waals surface area contributed by atoms with Crippen LogP contribution in [-0.4, -0.2) is 22.5 Å². The van der Waals surface area contributed by atoms with Crippen LogP contribution in [0.1, 0.15) is 57.8 Å². The second-order valence-corrected chi connectivity index (χ2v) is 6.38. The summed E-state index contributed by atoms with van der Waals surface area (Å²) in [6.07, 6.45) is 2.16. The Morgan fingerprint density at radius 3 is 2.57 bits per heavy atom. The number of hydrogen-bond donors (Lipinski definition) is 1. The van der Waals surface area contributed by atoms with Crippen molar-refractivity contribution < 1.29 is 14.3 Å². The summed E-state index contributed by atoms with van der Waals surface area (Å²) in [7, 11) is 0. The molecule has 0 saturated carbocycles. The molecule has 1 rings (SSSR count). The van der Waals surface area contributed by atoms with E-state index in [4.69, 9.17) is 4.74 Å². The maximum atomic E-state index is 12.2. The van der Waals surface area contributed by atoms with Crippen LogP contribution in [0.25, 0.3) is 0 Å². The Morgan fingerprint density at radius 1 is 1.33 bits per heavy atom. The van der Waals surface area contributed by atoms with Gasteiger partial charge >= 0.3 is 6.09 Å². The lowest BCUT2D eigenvalue weighted by Gasteiger charge is -2.20. The molecule has 0 aliphatic heterocycles. The summed E-state index contributed by atoms with van der Waals surface area (Å²) in [5.74, 6) is 0.677. The zero-order valence-corrected chi connectivity index (χ0v) is 13.4. The maximum Gasteiger partial charge on any atom is 0.413 e. The zero-order valence-electron chi connectivity index (χ0n) is 13.4. The van der Waals surface area contributed by atoms with Gasteiger partial charge in [0.2, 0.25) is 0 Å². The molecule has 0 atom stereocenters. The van der Waals surface area contributed by atoms with Crippen LogP contribution in [0.2, 0.25) is 0 Å². The van der Waals surface area contributed by atoms with Gasteiger partial charge < -0.3 is 4.74 Å². The number of Topliss-reactive ketones (excluding diaryl/α,β-unsaturated/α-hetero) is 1. The van der Waals surface area contributed by atoms with E-state index >= 15 is 0 Å². The number of nitrogens with zero attached hydrogens (tertiary/aromatic N) is 1. The Kier molecular flexibility index (Phi) is 5.88.